The summed E-state index contributed by atoms with van der Waals surface area (Å²) >= 11 is 0. The third-order valence-corrected chi connectivity index (χ3v) is 9.05. The Morgan fingerprint density at radius 1 is 0.621 bits per heavy atom. The van der Waals surface area contributed by atoms with Gasteiger partial charge in [-0.25, -0.2) is 0 Å². The van der Waals surface area contributed by atoms with Crippen molar-refractivity contribution >= 4 is 0 Å². The van der Waals surface area contributed by atoms with Crippen molar-refractivity contribution in [2.75, 3.05) is 6.67 Å². The summed E-state index contributed by atoms with van der Waals surface area (Å²) in [4.78, 5) is 0. The van der Waals surface area contributed by atoms with E-state index in [1.165, 1.54) is 82.6 Å². The van der Waals surface area contributed by atoms with Gasteiger partial charge in [-0.05, 0) is 112 Å². The first-order valence-electron chi connectivity index (χ1n) is 12.8. The molecule has 0 spiro atoms. The highest BCUT2D eigenvalue weighted by molar-refractivity contribution is 5.24. The van der Waals surface area contributed by atoms with E-state index < -0.39 is 0 Å². The molecule has 0 aromatic heterocycles. The molecule has 29 heavy (non-hydrogen) atoms. The minimum Gasteiger partial charge on any atom is -0.251 e. The lowest BCUT2D eigenvalue weighted by Gasteiger charge is -2.38. The lowest BCUT2D eigenvalue weighted by Crippen LogP contribution is -2.26. The molecular formula is C28H43F. The second-order valence-corrected chi connectivity index (χ2v) is 10.9. The van der Waals surface area contributed by atoms with Crippen LogP contribution in [0.2, 0.25) is 0 Å². The van der Waals surface area contributed by atoms with Crippen LogP contribution in [-0.2, 0) is 0 Å². The zero-order chi connectivity index (χ0) is 20.1. The molecule has 1 aromatic carbocycles. The summed E-state index contributed by atoms with van der Waals surface area (Å²) in [5.41, 5.74) is 2.96. The molecule has 3 saturated carbocycles. The van der Waals surface area contributed by atoms with Crippen LogP contribution >= 0.6 is 0 Å². The van der Waals surface area contributed by atoms with E-state index in [0.29, 0.717) is 5.92 Å². The number of aryl methyl sites for hydroxylation is 1. The highest BCUT2D eigenvalue weighted by Crippen LogP contribution is 2.43. The lowest BCUT2D eigenvalue weighted by atomic mass is 9.68. The quantitative estimate of drug-likeness (QED) is 0.450. The Bertz CT molecular complexity index is 581. The molecule has 0 bridgehead atoms. The van der Waals surface area contributed by atoms with E-state index in [1.54, 1.807) is 5.56 Å². The van der Waals surface area contributed by atoms with E-state index in [0.717, 1.165) is 42.4 Å². The maximum atomic E-state index is 12.9. The topological polar surface area (TPSA) is 0 Å². The largest absolute Gasteiger partial charge is 0.251 e. The van der Waals surface area contributed by atoms with Crippen molar-refractivity contribution in [3.63, 3.8) is 0 Å². The van der Waals surface area contributed by atoms with E-state index in [2.05, 4.69) is 31.2 Å². The van der Waals surface area contributed by atoms with Gasteiger partial charge in [0, 0.05) is 0 Å². The number of hydrogen-bond acceptors (Lipinski definition) is 0. The van der Waals surface area contributed by atoms with Crippen LogP contribution in [0, 0.1) is 36.5 Å². The molecule has 162 valence electrons. The Kier molecular flexibility index (Phi) is 7.71. The lowest BCUT2D eigenvalue weighted by molar-refractivity contribution is 0.131. The summed E-state index contributed by atoms with van der Waals surface area (Å²) in [6, 6.07) is 9.29. The number of alkyl halides is 1. The van der Waals surface area contributed by atoms with Crippen LogP contribution in [0.3, 0.4) is 0 Å². The minimum atomic E-state index is -0.0770. The van der Waals surface area contributed by atoms with Gasteiger partial charge in [0.25, 0.3) is 0 Å². The summed E-state index contributed by atoms with van der Waals surface area (Å²) in [6.45, 7) is 2.11. The van der Waals surface area contributed by atoms with Gasteiger partial charge >= 0.3 is 0 Å². The van der Waals surface area contributed by atoms with Crippen molar-refractivity contribution in [3.8, 4) is 0 Å². The standard InChI is InChI=1S/C28H43F/c1-21-2-12-25(13-3-21)26-14-6-22(7-15-26)4-5-23-8-16-27(17-9-23)28-18-10-24(20-29)11-19-28/h2-3,12-13,22-24,26-28H,4-11,14-20H2,1H3/t22-,23-,24-,26-,27-,28-. The first-order chi connectivity index (χ1) is 14.2. The van der Waals surface area contributed by atoms with Gasteiger partial charge in [0.15, 0.2) is 0 Å². The third kappa shape index (κ3) is 5.86. The number of rotatable bonds is 6. The second-order valence-electron chi connectivity index (χ2n) is 10.9. The highest BCUT2D eigenvalue weighted by Gasteiger charge is 2.31. The van der Waals surface area contributed by atoms with Crippen LogP contribution in [0.25, 0.3) is 0 Å². The van der Waals surface area contributed by atoms with E-state index in [1.807, 2.05) is 0 Å². The van der Waals surface area contributed by atoms with Gasteiger partial charge < -0.3 is 0 Å². The predicted molar refractivity (Wildman–Crippen MR) is 122 cm³/mol. The Balaban J connectivity index is 1.12. The summed E-state index contributed by atoms with van der Waals surface area (Å²) in [6.07, 6.45) is 19.5. The number of halogens is 1. The van der Waals surface area contributed by atoms with Gasteiger partial charge in [-0.1, -0.05) is 55.5 Å². The van der Waals surface area contributed by atoms with Gasteiger partial charge in [-0.15, -0.1) is 0 Å². The molecule has 4 rings (SSSR count). The fourth-order valence-corrected chi connectivity index (χ4v) is 6.86. The molecular weight excluding hydrogens is 355 g/mol. The van der Waals surface area contributed by atoms with E-state index >= 15 is 0 Å². The van der Waals surface area contributed by atoms with Gasteiger partial charge in [0.1, 0.15) is 0 Å². The summed E-state index contributed by atoms with van der Waals surface area (Å²) in [5, 5.41) is 0. The Morgan fingerprint density at radius 3 is 1.55 bits per heavy atom. The molecule has 1 aromatic rings. The van der Waals surface area contributed by atoms with Crippen LogP contribution < -0.4 is 0 Å². The van der Waals surface area contributed by atoms with Gasteiger partial charge in [-0.3, -0.25) is 4.39 Å². The van der Waals surface area contributed by atoms with E-state index in [-0.39, 0.29) is 6.67 Å². The van der Waals surface area contributed by atoms with Crippen LogP contribution in [0.15, 0.2) is 24.3 Å². The van der Waals surface area contributed by atoms with Crippen molar-refractivity contribution in [2.45, 2.75) is 103 Å². The Labute approximate surface area is 179 Å². The molecule has 0 nitrogen and oxygen atoms in total. The smallest absolute Gasteiger partial charge is 0.0922 e. The van der Waals surface area contributed by atoms with Crippen LogP contribution in [0.5, 0.6) is 0 Å². The zero-order valence-corrected chi connectivity index (χ0v) is 18.8. The maximum Gasteiger partial charge on any atom is 0.0922 e. The summed E-state index contributed by atoms with van der Waals surface area (Å²) in [7, 11) is 0. The predicted octanol–water partition coefficient (Wildman–Crippen LogP) is 8.63. The summed E-state index contributed by atoms with van der Waals surface area (Å²) in [5.74, 6) is 5.10. The Hall–Kier alpha value is -0.850. The van der Waals surface area contributed by atoms with Gasteiger partial charge in [-0.2, -0.15) is 0 Å². The minimum absolute atomic E-state index is 0.0770. The number of hydrogen-bond donors (Lipinski definition) is 0. The molecule has 0 atom stereocenters. The summed E-state index contributed by atoms with van der Waals surface area (Å²) < 4.78 is 12.9. The van der Waals surface area contributed by atoms with Crippen LogP contribution in [-0.4, -0.2) is 6.67 Å². The normalized spacial score (nSPS) is 36.1. The second kappa shape index (κ2) is 10.5. The molecule has 0 N–H and O–H groups in total. The van der Waals surface area contributed by atoms with E-state index in [9.17, 15) is 4.39 Å². The van der Waals surface area contributed by atoms with Gasteiger partial charge in [0.05, 0.1) is 6.67 Å². The molecule has 1 heteroatoms. The third-order valence-electron chi connectivity index (χ3n) is 9.05. The molecule has 0 aliphatic heterocycles. The fourth-order valence-electron chi connectivity index (χ4n) is 6.86. The molecule has 3 aliphatic rings. The van der Waals surface area contributed by atoms with Crippen molar-refractivity contribution in [1.82, 2.24) is 0 Å². The van der Waals surface area contributed by atoms with Crippen LogP contribution in [0.1, 0.15) is 107 Å². The molecule has 0 heterocycles. The number of benzene rings is 1. The average Bonchev–Trinajstić information content (AvgIpc) is 2.79. The van der Waals surface area contributed by atoms with Crippen molar-refractivity contribution in [3.05, 3.63) is 35.4 Å². The van der Waals surface area contributed by atoms with Crippen molar-refractivity contribution < 1.29 is 4.39 Å². The molecule has 3 fully saturated rings. The molecule has 0 radical (unpaired) electrons. The molecule has 0 unspecified atom stereocenters. The molecule has 0 amide bonds. The Morgan fingerprint density at radius 2 is 1.07 bits per heavy atom. The van der Waals surface area contributed by atoms with Crippen molar-refractivity contribution in [2.24, 2.45) is 29.6 Å². The van der Waals surface area contributed by atoms with Crippen molar-refractivity contribution in [1.29, 1.82) is 0 Å². The molecule has 0 saturated heterocycles. The first kappa shape index (κ1) is 21.4. The highest BCUT2D eigenvalue weighted by atomic mass is 19.1. The average molecular weight is 399 g/mol. The molecule has 3 aliphatic carbocycles. The van der Waals surface area contributed by atoms with Crippen LogP contribution in [0.4, 0.5) is 4.39 Å². The monoisotopic (exact) mass is 398 g/mol. The van der Waals surface area contributed by atoms with E-state index in [4.69, 9.17) is 0 Å². The fraction of sp³-hybridized carbons (Fsp3) is 0.786. The zero-order valence-electron chi connectivity index (χ0n) is 18.8. The first-order valence-corrected chi connectivity index (χ1v) is 12.8. The SMILES string of the molecule is Cc1ccc([C@H]2CC[C@H](CC[C@H]3CC[C@H]([C@H]4CC[C@H](CF)CC4)CC3)CC2)cc1. The maximum absolute atomic E-state index is 12.9. The van der Waals surface area contributed by atoms with Gasteiger partial charge in [0.2, 0.25) is 0 Å².